The number of ether oxygens (including phenoxy) is 1. The summed E-state index contributed by atoms with van der Waals surface area (Å²) in [4.78, 5) is 14.7. The van der Waals surface area contributed by atoms with E-state index in [-0.39, 0.29) is 12.0 Å². The lowest BCUT2D eigenvalue weighted by Crippen LogP contribution is -2.53. The zero-order valence-corrected chi connectivity index (χ0v) is 14.9. The average molecular weight is 338 g/mol. The molecule has 1 saturated heterocycles. The summed E-state index contributed by atoms with van der Waals surface area (Å²) in [6.07, 6.45) is 1.79. The molecule has 0 radical (unpaired) electrons. The summed E-state index contributed by atoms with van der Waals surface area (Å²) in [6, 6.07) is 17.7. The van der Waals surface area contributed by atoms with Crippen molar-refractivity contribution in [2.75, 3.05) is 13.1 Å². The molecule has 0 saturated carbocycles. The van der Waals surface area contributed by atoms with Gasteiger partial charge in [0.05, 0.1) is 0 Å². The third-order valence-corrected chi connectivity index (χ3v) is 4.87. The number of piperidine rings is 1. The van der Waals surface area contributed by atoms with Crippen molar-refractivity contribution < 1.29 is 9.53 Å². The number of carbonyl (C=O) groups excluding carboxylic acids is 1. The summed E-state index contributed by atoms with van der Waals surface area (Å²) in [6.45, 7) is 5.20. The van der Waals surface area contributed by atoms with Gasteiger partial charge in [-0.2, -0.15) is 0 Å². The molecular formula is C21H26N2O2. The van der Waals surface area contributed by atoms with Crippen molar-refractivity contribution in [2.45, 2.75) is 38.3 Å². The Morgan fingerprint density at radius 1 is 1.08 bits per heavy atom. The van der Waals surface area contributed by atoms with Crippen LogP contribution in [0.5, 0.6) is 5.75 Å². The number of nitrogens with zero attached hydrogens (tertiary/aromatic N) is 1. The van der Waals surface area contributed by atoms with Gasteiger partial charge in [0.2, 0.25) is 5.91 Å². The molecule has 0 bridgehead atoms. The highest BCUT2D eigenvalue weighted by atomic mass is 16.5. The van der Waals surface area contributed by atoms with E-state index in [2.05, 4.69) is 6.92 Å². The van der Waals surface area contributed by atoms with Crippen LogP contribution in [0.2, 0.25) is 0 Å². The second-order valence-corrected chi connectivity index (χ2v) is 6.99. The van der Waals surface area contributed by atoms with Gasteiger partial charge in [0.25, 0.3) is 0 Å². The average Bonchev–Trinajstić information content (AvgIpc) is 2.64. The van der Waals surface area contributed by atoms with Gasteiger partial charge in [0, 0.05) is 25.9 Å². The Morgan fingerprint density at radius 3 is 2.28 bits per heavy atom. The van der Waals surface area contributed by atoms with E-state index in [0.29, 0.717) is 13.1 Å². The maximum atomic E-state index is 12.9. The van der Waals surface area contributed by atoms with Gasteiger partial charge in [0.1, 0.15) is 17.4 Å². The van der Waals surface area contributed by atoms with Crippen molar-refractivity contribution in [2.24, 2.45) is 5.73 Å². The van der Waals surface area contributed by atoms with Crippen LogP contribution >= 0.6 is 0 Å². The molecule has 2 N–H and O–H groups in total. The van der Waals surface area contributed by atoms with E-state index in [1.807, 2.05) is 59.5 Å². The Labute approximate surface area is 149 Å². The minimum Gasteiger partial charge on any atom is -0.490 e. The summed E-state index contributed by atoms with van der Waals surface area (Å²) in [7, 11) is 0. The fraction of sp³-hybridized carbons (Fsp3) is 0.381. The van der Waals surface area contributed by atoms with Gasteiger partial charge in [-0.15, -0.1) is 0 Å². The Kier molecular flexibility index (Phi) is 5.09. The van der Waals surface area contributed by atoms with E-state index < -0.39 is 5.54 Å². The molecule has 4 heteroatoms. The molecule has 0 aliphatic carbocycles. The van der Waals surface area contributed by atoms with Crippen LogP contribution in [0.15, 0.2) is 54.6 Å². The molecule has 1 aliphatic rings. The van der Waals surface area contributed by atoms with Crippen LogP contribution < -0.4 is 10.5 Å². The second kappa shape index (κ2) is 7.28. The van der Waals surface area contributed by atoms with E-state index in [0.717, 1.165) is 24.2 Å². The largest absolute Gasteiger partial charge is 0.490 e. The van der Waals surface area contributed by atoms with Gasteiger partial charge < -0.3 is 15.4 Å². The highest BCUT2D eigenvalue weighted by Gasteiger charge is 2.36. The van der Waals surface area contributed by atoms with Gasteiger partial charge in [-0.3, -0.25) is 4.79 Å². The number of hydrogen-bond acceptors (Lipinski definition) is 3. The van der Waals surface area contributed by atoms with Gasteiger partial charge in [-0.05, 0) is 31.5 Å². The number of carbonyl (C=O) groups is 1. The standard InChI is InChI=1S/C21H26N2O2/c1-16-8-10-18(11-9-16)25-19-12-14-23(15-13-19)20(24)21(2,22)17-6-4-3-5-7-17/h3-11,19H,12-15,22H2,1-2H3. The molecule has 0 spiro atoms. The van der Waals surface area contributed by atoms with Crippen LogP contribution in [-0.2, 0) is 10.3 Å². The third-order valence-electron chi connectivity index (χ3n) is 4.87. The molecule has 1 heterocycles. The Hall–Kier alpha value is -2.33. The molecule has 1 unspecified atom stereocenters. The summed E-state index contributed by atoms with van der Waals surface area (Å²) in [5, 5.41) is 0. The topological polar surface area (TPSA) is 55.6 Å². The molecule has 3 rings (SSSR count). The van der Waals surface area contributed by atoms with Crippen molar-refractivity contribution in [3.8, 4) is 5.75 Å². The van der Waals surface area contributed by atoms with Crippen LogP contribution in [0.1, 0.15) is 30.9 Å². The van der Waals surface area contributed by atoms with E-state index in [1.165, 1.54) is 5.56 Å². The van der Waals surface area contributed by atoms with Gasteiger partial charge in [0.15, 0.2) is 0 Å². The summed E-state index contributed by atoms with van der Waals surface area (Å²) in [5.74, 6) is 0.871. The van der Waals surface area contributed by atoms with Crippen molar-refractivity contribution in [3.05, 3.63) is 65.7 Å². The second-order valence-electron chi connectivity index (χ2n) is 6.99. The first-order chi connectivity index (χ1) is 12.0. The smallest absolute Gasteiger partial charge is 0.246 e. The van der Waals surface area contributed by atoms with Gasteiger partial charge >= 0.3 is 0 Å². The molecule has 1 aliphatic heterocycles. The number of hydrogen-bond donors (Lipinski definition) is 1. The quantitative estimate of drug-likeness (QED) is 0.931. The molecule has 1 amide bonds. The summed E-state index contributed by atoms with van der Waals surface area (Å²) >= 11 is 0. The minimum absolute atomic E-state index is 0.0208. The number of benzene rings is 2. The van der Waals surface area contributed by atoms with Crippen LogP contribution in [-0.4, -0.2) is 30.0 Å². The maximum Gasteiger partial charge on any atom is 0.246 e. The monoisotopic (exact) mass is 338 g/mol. The van der Waals surface area contributed by atoms with E-state index in [1.54, 1.807) is 6.92 Å². The van der Waals surface area contributed by atoms with Gasteiger partial charge in [-0.25, -0.2) is 0 Å². The molecule has 25 heavy (non-hydrogen) atoms. The van der Waals surface area contributed by atoms with Crippen LogP contribution in [0.4, 0.5) is 0 Å². The Bertz CT molecular complexity index is 702. The van der Waals surface area contributed by atoms with Crippen molar-refractivity contribution >= 4 is 5.91 Å². The first kappa shape index (κ1) is 17.5. The predicted molar refractivity (Wildman–Crippen MR) is 99.4 cm³/mol. The fourth-order valence-electron chi connectivity index (χ4n) is 3.22. The van der Waals surface area contributed by atoms with E-state index in [4.69, 9.17) is 10.5 Å². The zero-order valence-electron chi connectivity index (χ0n) is 14.9. The Balaban J connectivity index is 1.58. The number of aryl methyl sites for hydroxylation is 1. The van der Waals surface area contributed by atoms with E-state index >= 15 is 0 Å². The molecule has 2 aromatic rings. The summed E-state index contributed by atoms with van der Waals surface area (Å²) in [5.41, 5.74) is 7.43. The number of rotatable bonds is 4. The first-order valence-corrected chi connectivity index (χ1v) is 8.84. The normalized spacial score (nSPS) is 17.8. The third kappa shape index (κ3) is 4.02. The van der Waals surface area contributed by atoms with Crippen molar-refractivity contribution in [3.63, 3.8) is 0 Å². The SMILES string of the molecule is Cc1ccc(OC2CCN(C(=O)C(C)(N)c3ccccc3)CC2)cc1. The lowest BCUT2D eigenvalue weighted by Gasteiger charge is -2.37. The molecule has 2 aromatic carbocycles. The van der Waals surface area contributed by atoms with Crippen LogP contribution in [0, 0.1) is 6.92 Å². The first-order valence-electron chi connectivity index (χ1n) is 8.84. The number of amides is 1. The molecule has 1 atom stereocenters. The zero-order chi connectivity index (χ0) is 17.9. The van der Waals surface area contributed by atoms with Crippen molar-refractivity contribution in [1.29, 1.82) is 0 Å². The Morgan fingerprint density at radius 2 is 1.68 bits per heavy atom. The van der Waals surface area contributed by atoms with Crippen LogP contribution in [0.25, 0.3) is 0 Å². The lowest BCUT2D eigenvalue weighted by molar-refractivity contribution is -0.138. The molecular weight excluding hydrogens is 312 g/mol. The fourth-order valence-corrected chi connectivity index (χ4v) is 3.22. The molecule has 0 aromatic heterocycles. The molecule has 132 valence electrons. The summed E-state index contributed by atoms with van der Waals surface area (Å²) < 4.78 is 6.04. The predicted octanol–water partition coefficient (Wildman–Crippen LogP) is 3.24. The molecule has 1 fully saturated rings. The highest BCUT2D eigenvalue weighted by molar-refractivity contribution is 5.87. The minimum atomic E-state index is -0.994. The lowest BCUT2D eigenvalue weighted by atomic mass is 9.90. The maximum absolute atomic E-state index is 12.9. The molecule has 4 nitrogen and oxygen atoms in total. The number of likely N-dealkylation sites (tertiary alicyclic amines) is 1. The number of nitrogens with two attached hydrogens (primary N) is 1. The van der Waals surface area contributed by atoms with E-state index in [9.17, 15) is 4.79 Å². The highest BCUT2D eigenvalue weighted by Crippen LogP contribution is 2.24. The van der Waals surface area contributed by atoms with Crippen molar-refractivity contribution in [1.82, 2.24) is 4.90 Å². The van der Waals surface area contributed by atoms with Crippen LogP contribution in [0.3, 0.4) is 0 Å². The van der Waals surface area contributed by atoms with Gasteiger partial charge in [-0.1, -0.05) is 48.0 Å².